The second kappa shape index (κ2) is 10.3. The summed E-state index contributed by atoms with van der Waals surface area (Å²) in [6.07, 6.45) is 6.47. The van der Waals surface area contributed by atoms with Gasteiger partial charge in [0.2, 0.25) is 0 Å². The van der Waals surface area contributed by atoms with E-state index >= 15 is 0 Å². The van der Waals surface area contributed by atoms with E-state index in [9.17, 15) is 4.79 Å². The standard InChI is InChI=1S/C25H27IN2O3S/c1-16-9-7-8-12-20(16)28-24(29)22(32-25(28)27-18-10-5-4-6-11-18)15-17-13-19(26)23(31-3)21(14-17)30-2/h4-6,10-11,13-16,20H,7-9,12H2,1-3H3/b22-15-,27-25?/t16-,20-/m0/s1. The zero-order chi connectivity index (χ0) is 22.7. The molecule has 168 valence electrons. The third-order valence-electron chi connectivity index (χ3n) is 5.97. The summed E-state index contributed by atoms with van der Waals surface area (Å²) in [7, 11) is 3.25. The Morgan fingerprint density at radius 2 is 1.88 bits per heavy atom. The molecule has 0 unspecified atom stereocenters. The monoisotopic (exact) mass is 562 g/mol. The highest BCUT2D eigenvalue weighted by Gasteiger charge is 2.41. The van der Waals surface area contributed by atoms with Crippen LogP contribution in [0.4, 0.5) is 5.69 Å². The number of amidine groups is 1. The van der Waals surface area contributed by atoms with Gasteiger partial charge in [-0.15, -0.1) is 0 Å². The number of para-hydroxylation sites is 1. The van der Waals surface area contributed by atoms with Crippen molar-refractivity contribution in [1.82, 2.24) is 4.90 Å². The minimum absolute atomic E-state index is 0.0354. The van der Waals surface area contributed by atoms with Crippen molar-refractivity contribution in [2.24, 2.45) is 10.9 Å². The van der Waals surface area contributed by atoms with Crippen molar-refractivity contribution < 1.29 is 14.3 Å². The van der Waals surface area contributed by atoms with Crippen LogP contribution in [0.15, 0.2) is 52.4 Å². The predicted octanol–water partition coefficient (Wildman–Crippen LogP) is 6.49. The minimum Gasteiger partial charge on any atom is -0.493 e. The van der Waals surface area contributed by atoms with Gasteiger partial charge in [0, 0.05) is 6.04 Å². The molecule has 0 bridgehead atoms. The second-order valence-corrected chi connectivity index (χ2v) is 10.3. The zero-order valence-electron chi connectivity index (χ0n) is 18.5. The molecule has 1 aliphatic heterocycles. The van der Waals surface area contributed by atoms with Crippen LogP contribution in [0.1, 0.15) is 38.2 Å². The first-order valence-corrected chi connectivity index (χ1v) is 12.7. The van der Waals surface area contributed by atoms with E-state index in [0.717, 1.165) is 39.3 Å². The van der Waals surface area contributed by atoms with Gasteiger partial charge in [0.1, 0.15) is 0 Å². The molecule has 5 nitrogen and oxygen atoms in total. The molecule has 2 aliphatic rings. The molecule has 32 heavy (non-hydrogen) atoms. The van der Waals surface area contributed by atoms with E-state index in [4.69, 9.17) is 14.5 Å². The number of amides is 1. The van der Waals surface area contributed by atoms with E-state index in [2.05, 4.69) is 29.5 Å². The molecule has 1 saturated carbocycles. The number of carbonyl (C=O) groups excluding carboxylic acids is 1. The molecule has 0 aromatic heterocycles. The maximum Gasteiger partial charge on any atom is 0.267 e. The van der Waals surface area contributed by atoms with Gasteiger partial charge in [0.05, 0.1) is 28.4 Å². The van der Waals surface area contributed by atoms with E-state index in [1.54, 1.807) is 14.2 Å². The molecule has 2 aromatic carbocycles. The topological polar surface area (TPSA) is 51.1 Å². The lowest BCUT2D eigenvalue weighted by molar-refractivity contribution is -0.124. The Morgan fingerprint density at radius 3 is 2.56 bits per heavy atom. The van der Waals surface area contributed by atoms with Crippen LogP contribution in [0, 0.1) is 9.49 Å². The Kier molecular flexibility index (Phi) is 7.45. The summed E-state index contributed by atoms with van der Waals surface area (Å²) >= 11 is 3.68. The molecule has 2 atom stereocenters. The van der Waals surface area contributed by atoms with E-state index in [1.807, 2.05) is 53.4 Å². The predicted molar refractivity (Wildman–Crippen MR) is 140 cm³/mol. The summed E-state index contributed by atoms with van der Waals surface area (Å²) in [5.41, 5.74) is 1.76. The summed E-state index contributed by atoms with van der Waals surface area (Å²) in [5.74, 6) is 1.84. The van der Waals surface area contributed by atoms with E-state index in [-0.39, 0.29) is 11.9 Å². The van der Waals surface area contributed by atoms with Crippen LogP contribution in [0.2, 0.25) is 0 Å². The highest BCUT2D eigenvalue weighted by atomic mass is 127. The molecule has 1 heterocycles. The summed E-state index contributed by atoms with van der Waals surface area (Å²) < 4.78 is 11.9. The van der Waals surface area contributed by atoms with Crippen LogP contribution in [0.3, 0.4) is 0 Å². The maximum atomic E-state index is 13.6. The largest absolute Gasteiger partial charge is 0.493 e. The van der Waals surface area contributed by atoms with Crippen molar-refractivity contribution in [2.75, 3.05) is 14.2 Å². The molecule has 4 rings (SSSR count). The summed E-state index contributed by atoms with van der Waals surface area (Å²) in [6.45, 7) is 2.25. The molecule has 2 aromatic rings. The van der Waals surface area contributed by atoms with Gasteiger partial charge in [-0.2, -0.15) is 0 Å². The quantitative estimate of drug-likeness (QED) is 0.309. The van der Waals surface area contributed by atoms with Gasteiger partial charge in [0.25, 0.3) is 5.91 Å². The van der Waals surface area contributed by atoms with Crippen LogP contribution in [0.5, 0.6) is 11.5 Å². The maximum absolute atomic E-state index is 13.6. The number of rotatable bonds is 5. The molecule has 1 aliphatic carbocycles. The second-order valence-electron chi connectivity index (χ2n) is 8.08. The van der Waals surface area contributed by atoms with E-state index in [0.29, 0.717) is 22.3 Å². The average molecular weight is 562 g/mol. The third-order valence-corrected chi connectivity index (χ3v) is 7.75. The normalized spacial score (nSPS) is 23.8. The molecule has 0 radical (unpaired) electrons. The van der Waals surface area contributed by atoms with Crippen LogP contribution in [0.25, 0.3) is 6.08 Å². The van der Waals surface area contributed by atoms with Gasteiger partial charge in [-0.25, -0.2) is 4.99 Å². The molecule has 1 amide bonds. The van der Waals surface area contributed by atoms with Crippen molar-refractivity contribution in [2.45, 2.75) is 38.6 Å². The molecule has 1 saturated heterocycles. The Morgan fingerprint density at radius 1 is 1.12 bits per heavy atom. The Bertz CT molecular complexity index is 1050. The molecule has 0 N–H and O–H groups in total. The number of aliphatic imine (C=N–C) groups is 1. The summed E-state index contributed by atoms with van der Waals surface area (Å²) in [4.78, 5) is 21.1. The third kappa shape index (κ3) is 4.83. The summed E-state index contributed by atoms with van der Waals surface area (Å²) in [6, 6.07) is 13.9. The van der Waals surface area contributed by atoms with Gasteiger partial charge < -0.3 is 9.47 Å². The minimum atomic E-state index is 0.0354. The fourth-order valence-electron chi connectivity index (χ4n) is 4.32. The number of hydrogen-bond acceptors (Lipinski definition) is 5. The molecular formula is C25H27IN2O3S. The lowest BCUT2D eigenvalue weighted by Gasteiger charge is -2.35. The first-order chi connectivity index (χ1) is 15.5. The number of benzene rings is 2. The zero-order valence-corrected chi connectivity index (χ0v) is 21.5. The first-order valence-electron chi connectivity index (χ1n) is 10.8. The van der Waals surface area contributed by atoms with Gasteiger partial charge in [-0.3, -0.25) is 9.69 Å². The van der Waals surface area contributed by atoms with Crippen molar-refractivity contribution in [1.29, 1.82) is 0 Å². The number of thioether (sulfide) groups is 1. The van der Waals surface area contributed by atoms with Crippen molar-refractivity contribution in [3.8, 4) is 11.5 Å². The number of halogens is 1. The first kappa shape index (κ1) is 23.2. The Labute approximate surface area is 207 Å². The van der Waals surface area contributed by atoms with Crippen LogP contribution < -0.4 is 9.47 Å². The number of methoxy groups -OCH3 is 2. The smallest absolute Gasteiger partial charge is 0.267 e. The summed E-state index contributed by atoms with van der Waals surface area (Å²) in [5, 5.41) is 0.765. The number of nitrogens with zero attached hydrogens (tertiary/aromatic N) is 2. The number of hydrogen-bond donors (Lipinski definition) is 0. The Hall–Kier alpha value is -2.00. The van der Waals surface area contributed by atoms with Crippen molar-refractivity contribution in [3.05, 3.63) is 56.5 Å². The van der Waals surface area contributed by atoms with E-state index in [1.165, 1.54) is 18.2 Å². The van der Waals surface area contributed by atoms with Crippen LogP contribution >= 0.6 is 34.4 Å². The van der Waals surface area contributed by atoms with Gasteiger partial charge in [-0.05, 0) is 89.0 Å². The van der Waals surface area contributed by atoms with Gasteiger partial charge in [0.15, 0.2) is 16.7 Å². The van der Waals surface area contributed by atoms with Crippen molar-refractivity contribution >= 4 is 57.2 Å². The fraction of sp³-hybridized carbons (Fsp3) is 0.360. The van der Waals surface area contributed by atoms with Crippen LogP contribution in [-0.2, 0) is 4.79 Å². The van der Waals surface area contributed by atoms with Crippen LogP contribution in [-0.4, -0.2) is 36.2 Å². The highest BCUT2D eigenvalue weighted by Crippen LogP contribution is 2.41. The molecular weight excluding hydrogens is 535 g/mol. The molecule has 0 spiro atoms. The number of ether oxygens (including phenoxy) is 2. The van der Waals surface area contributed by atoms with Gasteiger partial charge in [-0.1, -0.05) is 38.0 Å². The highest BCUT2D eigenvalue weighted by molar-refractivity contribution is 14.1. The average Bonchev–Trinajstić information content (AvgIpc) is 3.08. The lowest BCUT2D eigenvalue weighted by atomic mass is 9.85. The fourth-order valence-corrected chi connectivity index (χ4v) is 6.21. The van der Waals surface area contributed by atoms with E-state index < -0.39 is 0 Å². The molecule has 7 heteroatoms. The van der Waals surface area contributed by atoms with Crippen molar-refractivity contribution in [3.63, 3.8) is 0 Å². The number of carbonyl (C=O) groups is 1. The lowest BCUT2D eigenvalue weighted by Crippen LogP contribution is -2.44. The molecule has 2 fully saturated rings. The SMILES string of the molecule is COc1cc(/C=C2\SC(=Nc3ccccc3)N([C@H]3CCCC[C@@H]3C)C2=O)cc(I)c1OC. The van der Waals surface area contributed by atoms with Gasteiger partial charge >= 0.3 is 0 Å². The Balaban J connectivity index is 1.74.